The summed E-state index contributed by atoms with van der Waals surface area (Å²) in [4.78, 5) is 36.5. The van der Waals surface area contributed by atoms with Crippen molar-refractivity contribution in [3.8, 4) is 5.75 Å². The minimum absolute atomic E-state index is 0.0539. The molecule has 0 aliphatic carbocycles. The van der Waals surface area contributed by atoms with Gasteiger partial charge in [0.05, 0.1) is 35.0 Å². The van der Waals surface area contributed by atoms with Gasteiger partial charge < -0.3 is 13.9 Å². The van der Waals surface area contributed by atoms with Gasteiger partial charge in [0, 0.05) is 12.1 Å². The fourth-order valence-electron chi connectivity index (χ4n) is 4.27. The number of furan rings is 1. The zero-order valence-corrected chi connectivity index (χ0v) is 20.1. The molecule has 1 aliphatic rings. The van der Waals surface area contributed by atoms with Gasteiger partial charge in [-0.1, -0.05) is 6.07 Å². The molecule has 0 spiro atoms. The van der Waals surface area contributed by atoms with Crippen molar-refractivity contribution in [3.05, 3.63) is 64.2 Å². The molecule has 0 unspecified atom stereocenters. The number of non-ortho nitro benzene ring substituents is 1. The van der Waals surface area contributed by atoms with E-state index >= 15 is 0 Å². The van der Waals surface area contributed by atoms with Crippen LogP contribution in [0, 0.1) is 10.1 Å². The zero-order valence-electron chi connectivity index (χ0n) is 20.1. The fourth-order valence-corrected chi connectivity index (χ4v) is 4.27. The van der Waals surface area contributed by atoms with Crippen molar-refractivity contribution in [3.63, 3.8) is 0 Å². The Labute approximate surface area is 203 Å². The quantitative estimate of drug-likeness (QED) is 0.140. The predicted octanol–water partition coefficient (Wildman–Crippen LogP) is 6.38. The molecule has 0 atom stereocenters. The van der Waals surface area contributed by atoms with Crippen molar-refractivity contribution in [2.24, 2.45) is 0 Å². The average Bonchev–Trinajstić information content (AvgIpc) is 3.09. The van der Waals surface area contributed by atoms with E-state index in [1.165, 1.54) is 24.3 Å². The van der Waals surface area contributed by atoms with Gasteiger partial charge in [0.1, 0.15) is 16.9 Å². The number of carbonyl (C=O) groups is 2. The topological polar surface area (TPSA) is 109 Å². The Kier molecular flexibility index (Phi) is 6.62. The van der Waals surface area contributed by atoms with Crippen LogP contribution in [0.1, 0.15) is 56.8 Å². The van der Waals surface area contributed by atoms with E-state index in [1.807, 2.05) is 20.8 Å². The van der Waals surface area contributed by atoms with Crippen molar-refractivity contribution in [2.75, 3.05) is 13.1 Å². The van der Waals surface area contributed by atoms with Crippen LogP contribution in [0.15, 0.2) is 52.9 Å². The van der Waals surface area contributed by atoms with E-state index in [1.54, 1.807) is 24.3 Å². The lowest BCUT2D eigenvalue weighted by Crippen LogP contribution is -2.56. The van der Waals surface area contributed by atoms with Crippen LogP contribution in [0.25, 0.3) is 11.0 Å². The fraction of sp³-hybridized carbons (Fsp3) is 0.385. The number of nitro benzene ring substituents is 1. The number of rotatable bonds is 4. The maximum absolute atomic E-state index is 13.4. The van der Waals surface area contributed by atoms with Gasteiger partial charge in [0.2, 0.25) is 0 Å². The summed E-state index contributed by atoms with van der Waals surface area (Å²) in [5, 5.41) is 11.4. The molecule has 1 saturated heterocycles. The summed E-state index contributed by atoms with van der Waals surface area (Å²) in [5.41, 5.74) is -0.0938. The third kappa shape index (κ3) is 5.19. The second-order valence-electron chi connectivity index (χ2n) is 9.76. The Hall–Kier alpha value is -3.72. The highest BCUT2D eigenvalue weighted by atomic mass is 16.6. The molecule has 1 amide bonds. The summed E-state index contributed by atoms with van der Waals surface area (Å²) in [7, 11) is 0. The summed E-state index contributed by atoms with van der Waals surface area (Å²) < 4.78 is 17.6. The Bertz CT molecular complexity index is 1250. The van der Waals surface area contributed by atoms with E-state index in [0.29, 0.717) is 29.9 Å². The van der Waals surface area contributed by atoms with Gasteiger partial charge in [-0.3, -0.25) is 10.1 Å². The smallest absolute Gasteiger partial charge is 0.422 e. The number of hydrogen-bond acceptors (Lipinski definition) is 7. The molecule has 35 heavy (non-hydrogen) atoms. The molecule has 1 fully saturated rings. The van der Waals surface area contributed by atoms with E-state index in [4.69, 9.17) is 13.9 Å². The Morgan fingerprint density at radius 1 is 1.00 bits per heavy atom. The van der Waals surface area contributed by atoms with Crippen LogP contribution in [0.5, 0.6) is 5.75 Å². The third-order valence-corrected chi connectivity index (χ3v) is 6.02. The largest absolute Gasteiger partial charge is 0.524 e. The minimum Gasteiger partial charge on any atom is -0.422 e. The van der Waals surface area contributed by atoms with Crippen LogP contribution >= 0.6 is 0 Å². The van der Waals surface area contributed by atoms with Crippen molar-refractivity contribution in [1.29, 1.82) is 0 Å². The van der Waals surface area contributed by atoms with E-state index in [0.717, 1.165) is 25.7 Å². The highest BCUT2D eigenvalue weighted by Gasteiger charge is 2.46. The summed E-state index contributed by atoms with van der Waals surface area (Å²) in [6.45, 7) is 6.65. The summed E-state index contributed by atoms with van der Waals surface area (Å²) in [6.07, 6.45) is 3.42. The molecular weight excluding hydrogens is 452 g/mol. The summed E-state index contributed by atoms with van der Waals surface area (Å²) >= 11 is 0. The molecule has 1 aliphatic heterocycles. The lowest BCUT2D eigenvalue weighted by molar-refractivity contribution is -0.384. The molecule has 0 radical (unpaired) electrons. The van der Waals surface area contributed by atoms with Gasteiger partial charge in [-0.2, -0.15) is 9.28 Å². The maximum Gasteiger partial charge on any atom is 0.524 e. The second kappa shape index (κ2) is 9.50. The highest BCUT2D eigenvalue weighted by Crippen LogP contribution is 2.38. The van der Waals surface area contributed by atoms with Crippen molar-refractivity contribution < 1.29 is 28.4 Å². The van der Waals surface area contributed by atoms with E-state index in [-0.39, 0.29) is 27.6 Å². The van der Waals surface area contributed by atoms with Gasteiger partial charge in [-0.05, 0) is 70.7 Å². The number of amides is 1. The molecule has 3 aromatic rings. The van der Waals surface area contributed by atoms with Crippen LogP contribution in [-0.4, -0.2) is 35.7 Å². The maximum atomic E-state index is 13.4. The molecule has 0 saturated carbocycles. The molecule has 2 aromatic carbocycles. The van der Waals surface area contributed by atoms with Gasteiger partial charge >= 0.3 is 17.9 Å². The number of fused-ring (bicyclic) bond motifs is 1. The van der Waals surface area contributed by atoms with Crippen LogP contribution in [0.3, 0.4) is 0 Å². The van der Waals surface area contributed by atoms with Gasteiger partial charge in [-0.15, -0.1) is 0 Å². The van der Waals surface area contributed by atoms with Crippen LogP contribution in [0.4, 0.5) is 16.4 Å². The molecule has 9 heteroatoms. The Morgan fingerprint density at radius 2 is 1.66 bits per heavy atom. The molecule has 9 nitrogen and oxygen atoms in total. The number of hydrogen-bond donors (Lipinski definition) is 0. The van der Waals surface area contributed by atoms with Crippen molar-refractivity contribution >= 4 is 34.6 Å². The van der Waals surface area contributed by atoms with E-state index in [9.17, 15) is 19.7 Å². The zero-order chi connectivity index (χ0) is 25.2. The number of carbonyl (C=O) groups excluding carboxylic acids is 2. The minimum atomic E-state index is -0.652. The third-order valence-electron chi connectivity index (χ3n) is 6.02. The molecular formula is C26H29N2O7+. The van der Waals surface area contributed by atoms with E-state index in [2.05, 4.69) is 0 Å². The van der Waals surface area contributed by atoms with E-state index < -0.39 is 16.5 Å². The first-order chi connectivity index (χ1) is 16.6. The first kappa shape index (κ1) is 24.4. The van der Waals surface area contributed by atoms with Gasteiger partial charge in [0.25, 0.3) is 5.69 Å². The normalized spacial score (nSPS) is 15.9. The van der Waals surface area contributed by atoms with Gasteiger partial charge in [0.15, 0.2) is 0 Å². The lowest BCUT2D eigenvalue weighted by atomic mass is 10.2. The number of quaternary nitrogens is 1. The Balaban J connectivity index is 1.69. The molecule has 2 heterocycles. The SMILES string of the molecule is CC(C)(C)OC(=O)[N+]1(c2cc3c(OC(=O)c4ccc([N+](=O)[O-])cc4)cccc3o2)CCCCCC1. The number of nitro groups is 1. The number of benzene rings is 2. The lowest BCUT2D eigenvalue weighted by Gasteiger charge is -2.32. The van der Waals surface area contributed by atoms with Crippen LogP contribution in [-0.2, 0) is 4.74 Å². The number of esters is 1. The molecule has 1 aromatic heterocycles. The summed E-state index contributed by atoms with van der Waals surface area (Å²) in [5.74, 6) is 0.0777. The Morgan fingerprint density at radius 3 is 2.26 bits per heavy atom. The number of ether oxygens (including phenoxy) is 2. The average molecular weight is 482 g/mol. The van der Waals surface area contributed by atoms with Crippen LogP contribution < -0.4 is 9.22 Å². The molecule has 184 valence electrons. The first-order valence-electron chi connectivity index (χ1n) is 11.7. The monoisotopic (exact) mass is 481 g/mol. The summed E-state index contributed by atoms with van der Waals surface area (Å²) in [6, 6.07) is 12.1. The molecule has 4 rings (SSSR count). The molecule has 0 bridgehead atoms. The number of likely N-dealkylation sites (tertiary alicyclic amines) is 1. The van der Waals surface area contributed by atoms with Crippen molar-refractivity contribution in [2.45, 2.75) is 52.1 Å². The molecule has 0 N–H and O–H groups in total. The number of nitrogens with zero attached hydrogens (tertiary/aromatic N) is 2. The van der Waals surface area contributed by atoms with Crippen molar-refractivity contribution in [1.82, 2.24) is 4.48 Å². The first-order valence-corrected chi connectivity index (χ1v) is 11.7. The van der Waals surface area contributed by atoms with Gasteiger partial charge in [-0.25, -0.2) is 4.79 Å². The predicted molar refractivity (Wildman–Crippen MR) is 130 cm³/mol. The second-order valence-corrected chi connectivity index (χ2v) is 9.76. The van der Waals surface area contributed by atoms with Crippen LogP contribution in [0.2, 0.25) is 0 Å². The standard InChI is InChI=1S/C26H29N2O7/c1-26(2,3)35-25(30)28(15-6-4-5-7-16-28)23-17-20-21(33-23)9-8-10-22(20)34-24(29)18-11-13-19(14-12-18)27(31)32/h8-14,17H,4-7,15-16H2,1-3H3/q+1. The highest BCUT2D eigenvalue weighted by molar-refractivity contribution is 5.96.